The van der Waals surface area contributed by atoms with Crippen LogP contribution in [-0.2, 0) is 60.9 Å². The Morgan fingerprint density at radius 2 is 1.41 bits per heavy atom. The van der Waals surface area contributed by atoms with Gasteiger partial charge in [0.25, 0.3) is 0 Å². The summed E-state index contributed by atoms with van der Waals surface area (Å²) in [5.74, 6) is 1.83. The number of rotatable bonds is 37. The number of hydrogen-bond donors (Lipinski definition) is 3. The van der Waals surface area contributed by atoms with Gasteiger partial charge in [0, 0.05) is 81.0 Å². The number of piperazine rings is 1. The highest BCUT2D eigenvalue weighted by Crippen LogP contribution is 2.39. The number of urea groups is 1. The summed E-state index contributed by atoms with van der Waals surface area (Å²) in [6.45, 7) is 13.7. The SMILES string of the molecule is CC(C)Oc1ccccc1C(C(=O)NCc1ccccc1)N(C(=O)CCc1ccc(OCCCCN(C)CCOCCOCCc2cn(CCOCCOc3ccc(NC(=O)Nc4nc(CC(=O)N5CCN(C)CC5)cs4)cc3)nn2)cc1)C1CC1. The van der Waals surface area contributed by atoms with Crippen molar-refractivity contribution < 1.29 is 47.6 Å². The van der Waals surface area contributed by atoms with Crippen LogP contribution in [0.5, 0.6) is 17.2 Å². The summed E-state index contributed by atoms with van der Waals surface area (Å²) in [5, 5.41) is 19.3. The van der Waals surface area contributed by atoms with Crippen LogP contribution in [0, 0.1) is 0 Å². The number of nitrogens with zero attached hydrogens (tertiary/aromatic N) is 8. The second-order valence-electron chi connectivity index (χ2n) is 21.9. The maximum Gasteiger partial charge on any atom is 0.325 e. The molecule has 1 saturated carbocycles. The van der Waals surface area contributed by atoms with Gasteiger partial charge in [-0.3, -0.25) is 19.7 Å². The molecule has 22 heteroatoms. The number of aryl methyl sites for hydroxylation is 1. The standard InChI is InChI=1S/C64H85N11O10S/c1-48(2)85-58-15-9-8-14-57(58)61(62(78)65-45-50-12-6-5-7-13-50)75(54-21-22-54)59(76)27-18-49-16-23-55(24-17-49)83-36-11-10-29-71(3)34-38-81-41-40-80-37-28-52-46-74(70-69-52)35-39-82-42-43-84-56-25-19-51(20-26-56)66-63(79)68-64-67-53(47-86-64)44-60(77)73-32-30-72(4)31-33-73/h5-9,12-17,19-20,23-26,46-48,54,61H,10-11,18,21-22,27-45H2,1-4H3,(H,65,78)(H2,66,67,68,79). The Labute approximate surface area is 509 Å². The molecule has 3 N–H and O–H groups in total. The van der Waals surface area contributed by atoms with Crippen LogP contribution in [-0.4, -0.2) is 182 Å². The van der Waals surface area contributed by atoms with Crippen LogP contribution in [0.15, 0.2) is 115 Å². The van der Waals surface area contributed by atoms with E-state index in [2.05, 4.69) is 48.1 Å². The fourth-order valence-electron chi connectivity index (χ4n) is 9.62. The molecule has 0 spiro atoms. The Kier molecular flexibility index (Phi) is 26.0. The second kappa shape index (κ2) is 34.6. The second-order valence-corrected chi connectivity index (χ2v) is 22.7. The summed E-state index contributed by atoms with van der Waals surface area (Å²) in [6, 6.07) is 31.2. The zero-order valence-corrected chi connectivity index (χ0v) is 51.1. The number of unbranched alkanes of at least 4 members (excludes halogenated alkanes) is 1. The van der Waals surface area contributed by atoms with E-state index in [1.54, 1.807) is 39.2 Å². The molecule has 4 aromatic carbocycles. The lowest BCUT2D eigenvalue weighted by Crippen LogP contribution is -2.47. The third-order valence-electron chi connectivity index (χ3n) is 14.5. The zero-order chi connectivity index (χ0) is 60.3. The zero-order valence-electron chi connectivity index (χ0n) is 50.2. The van der Waals surface area contributed by atoms with Crippen molar-refractivity contribution in [2.45, 2.75) is 96.5 Å². The lowest BCUT2D eigenvalue weighted by molar-refractivity contribution is -0.141. The quantitative estimate of drug-likeness (QED) is 0.0316. The Balaban J connectivity index is 0.611. The van der Waals surface area contributed by atoms with Crippen molar-refractivity contribution in [2.24, 2.45) is 0 Å². The molecule has 2 aromatic heterocycles. The van der Waals surface area contributed by atoms with Crippen LogP contribution >= 0.6 is 11.3 Å². The van der Waals surface area contributed by atoms with E-state index >= 15 is 0 Å². The fourth-order valence-corrected chi connectivity index (χ4v) is 10.3. The summed E-state index contributed by atoms with van der Waals surface area (Å²) in [5.41, 5.74) is 4.80. The molecule has 86 heavy (non-hydrogen) atoms. The number of anilines is 2. The Bertz CT molecular complexity index is 2990. The molecule has 1 saturated heterocycles. The first kappa shape index (κ1) is 64.5. The van der Waals surface area contributed by atoms with Gasteiger partial charge in [0.1, 0.15) is 29.9 Å². The van der Waals surface area contributed by atoms with Crippen LogP contribution < -0.4 is 30.2 Å². The van der Waals surface area contributed by atoms with Crippen LogP contribution in [0.2, 0.25) is 0 Å². The molecule has 3 heterocycles. The highest BCUT2D eigenvalue weighted by molar-refractivity contribution is 7.14. The van der Waals surface area contributed by atoms with Gasteiger partial charge in [-0.1, -0.05) is 65.9 Å². The molecule has 0 bridgehead atoms. The molecule has 0 radical (unpaired) electrons. The normalized spacial score (nSPS) is 13.8. The number of thiazole rings is 1. The van der Waals surface area contributed by atoms with Gasteiger partial charge in [-0.05, 0) is 120 Å². The Morgan fingerprint density at radius 1 is 0.709 bits per heavy atom. The first-order valence-electron chi connectivity index (χ1n) is 30.0. The Morgan fingerprint density at radius 3 is 2.16 bits per heavy atom. The minimum Gasteiger partial charge on any atom is -0.494 e. The van der Waals surface area contributed by atoms with Crippen molar-refractivity contribution in [3.05, 3.63) is 143 Å². The van der Waals surface area contributed by atoms with Crippen LogP contribution in [0.1, 0.15) is 80.1 Å². The molecular weight excluding hydrogens is 1110 g/mol. The maximum atomic E-state index is 14.2. The summed E-state index contributed by atoms with van der Waals surface area (Å²) in [7, 11) is 4.15. The first-order valence-corrected chi connectivity index (χ1v) is 30.9. The minimum absolute atomic E-state index is 0.00236. The van der Waals surface area contributed by atoms with E-state index in [-0.39, 0.29) is 42.7 Å². The third kappa shape index (κ3) is 22.1. The third-order valence-corrected chi connectivity index (χ3v) is 15.3. The number of aromatic nitrogens is 4. The molecule has 21 nitrogen and oxygen atoms in total. The van der Waals surface area contributed by atoms with E-state index in [0.717, 1.165) is 74.4 Å². The summed E-state index contributed by atoms with van der Waals surface area (Å²) in [4.78, 5) is 66.1. The van der Waals surface area contributed by atoms with Crippen molar-refractivity contribution in [3.63, 3.8) is 0 Å². The number of para-hydroxylation sites is 1. The van der Waals surface area contributed by atoms with E-state index < -0.39 is 12.1 Å². The number of ether oxygens (including phenoxy) is 6. The molecule has 2 aliphatic rings. The summed E-state index contributed by atoms with van der Waals surface area (Å²) >= 11 is 1.28. The molecule has 8 rings (SSSR count). The number of benzene rings is 4. The molecule has 1 atom stereocenters. The van der Waals surface area contributed by atoms with Crippen LogP contribution in [0.4, 0.5) is 15.6 Å². The first-order chi connectivity index (χ1) is 41.9. The number of carbonyl (C=O) groups excluding carboxylic acids is 4. The molecule has 1 aliphatic carbocycles. The van der Waals surface area contributed by atoms with Crippen molar-refractivity contribution in [1.82, 2.24) is 44.9 Å². The molecular formula is C64H85N11O10S. The molecule has 6 aromatic rings. The summed E-state index contributed by atoms with van der Waals surface area (Å²) < 4.78 is 37.2. The van der Waals surface area contributed by atoms with Gasteiger partial charge in [-0.15, -0.1) is 16.4 Å². The monoisotopic (exact) mass is 1200 g/mol. The predicted octanol–water partition coefficient (Wildman–Crippen LogP) is 7.93. The number of amides is 5. The van der Waals surface area contributed by atoms with E-state index in [4.69, 9.17) is 28.4 Å². The van der Waals surface area contributed by atoms with E-state index in [9.17, 15) is 19.2 Å². The number of likely N-dealkylation sites (N-methyl/N-ethyl adjacent to an activating group) is 2. The summed E-state index contributed by atoms with van der Waals surface area (Å²) in [6.07, 6.45) is 7.12. The lowest BCUT2D eigenvalue weighted by atomic mass is 10.0. The molecule has 462 valence electrons. The smallest absolute Gasteiger partial charge is 0.325 e. The van der Waals surface area contributed by atoms with Crippen molar-refractivity contribution >= 4 is 45.9 Å². The van der Waals surface area contributed by atoms with Gasteiger partial charge >= 0.3 is 6.03 Å². The Hall–Kier alpha value is -7.47. The van der Waals surface area contributed by atoms with Gasteiger partial charge < -0.3 is 58.7 Å². The highest BCUT2D eigenvalue weighted by Gasteiger charge is 2.42. The topological polar surface area (TPSA) is 216 Å². The van der Waals surface area contributed by atoms with Crippen LogP contribution in [0.3, 0.4) is 0 Å². The average molecular weight is 1200 g/mol. The average Bonchev–Trinajstić information content (AvgIpc) is 2.06. The predicted molar refractivity (Wildman–Crippen MR) is 331 cm³/mol. The minimum atomic E-state index is -0.816. The van der Waals surface area contributed by atoms with Gasteiger partial charge in [-0.25, -0.2) is 14.5 Å². The maximum absolute atomic E-state index is 14.2. The van der Waals surface area contributed by atoms with Crippen molar-refractivity contribution in [2.75, 3.05) is 117 Å². The molecule has 5 amide bonds. The van der Waals surface area contributed by atoms with E-state index in [1.807, 2.05) is 111 Å². The van der Waals surface area contributed by atoms with Gasteiger partial charge in [0.05, 0.1) is 76.7 Å². The molecule has 2 fully saturated rings. The van der Waals surface area contributed by atoms with Gasteiger partial charge in [0.2, 0.25) is 17.7 Å². The largest absolute Gasteiger partial charge is 0.494 e. The molecule has 1 aliphatic heterocycles. The van der Waals surface area contributed by atoms with Crippen molar-refractivity contribution in [3.8, 4) is 17.2 Å². The van der Waals surface area contributed by atoms with E-state index in [1.165, 1.54) is 11.3 Å². The van der Waals surface area contributed by atoms with Gasteiger partial charge in [0.15, 0.2) is 5.13 Å². The number of nitrogens with one attached hydrogen (secondary N) is 3. The van der Waals surface area contributed by atoms with E-state index in [0.29, 0.717) is 125 Å². The van der Waals surface area contributed by atoms with Crippen molar-refractivity contribution in [1.29, 1.82) is 0 Å². The molecule has 1 unspecified atom stereocenters. The number of hydrogen-bond acceptors (Lipinski definition) is 16. The lowest BCUT2D eigenvalue weighted by Gasteiger charge is -2.33. The van der Waals surface area contributed by atoms with Crippen LogP contribution in [0.25, 0.3) is 0 Å². The van der Waals surface area contributed by atoms with Gasteiger partial charge in [-0.2, -0.15) is 0 Å². The highest BCUT2D eigenvalue weighted by atomic mass is 32.1. The fraction of sp³-hybridized carbons (Fsp3) is 0.484. The number of carbonyl (C=O) groups is 4.